The van der Waals surface area contributed by atoms with Crippen molar-refractivity contribution in [3.63, 3.8) is 0 Å². The third-order valence-electron chi connectivity index (χ3n) is 4.60. The maximum Gasteiger partial charge on any atom is 0.267 e. The summed E-state index contributed by atoms with van der Waals surface area (Å²) in [5, 5.41) is 7.45. The number of nitrogens with two attached hydrogens (primary N) is 1. The molecule has 0 spiro atoms. The third-order valence-corrected chi connectivity index (χ3v) is 5.58. The molecular formula is C18H18BrClN6O. The lowest BCUT2D eigenvalue weighted by molar-refractivity contribution is 0.0994. The summed E-state index contributed by atoms with van der Waals surface area (Å²) in [5.41, 5.74) is 7.92. The van der Waals surface area contributed by atoms with Crippen LogP contribution in [0, 0.1) is 0 Å². The predicted molar refractivity (Wildman–Crippen MR) is 109 cm³/mol. The number of amides is 1. The standard InChI is InChI=1S/C18H18BrClN6O/c19-15-14(10-3-5-11(20)6-4-10)25-18-17(24-12-2-1-7-22-8-12)23-9-13(16(21)27)26(15)18/h3-6,9,12,22H,1-2,7-8H2,(H2,21,27)(H,23,24)/t12-/m0/s1. The number of fused-ring (bicyclic) bond motifs is 1. The molecule has 1 saturated heterocycles. The van der Waals surface area contributed by atoms with Crippen molar-refractivity contribution in [2.75, 3.05) is 18.4 Å². The van der Waals surface area contributed by atoms with Gasteiger partial charge in [0.2, 0.25) is 0 Å². The van der Waals surface area contributed by atoms with Crippen LogP contribution in [-0.4, -0.2) is 39.4 Å². The molecule has 1 aliphatic rings. The van der Waals surface area contributed by atoms with Gasteiger partial charge >= 0.3 is 0 Å². The molecule has 0 aliphatic carbocycles. The van der Waals surface area contributed by atoms with Gasteiger partial charge in [-0.15, -0.1) is 0 Å². The Labute approximate surface area is 169 Å². The van der Waals surface area contributed by atoms with Crippen molar-refractivity contribution >= 4 is 44.9 Å². The van der Waals surface area contributed by atoms with Crippen molar-refractivity contribution in [1.29, 1.82) is 0 Å². The first-order chi connectivity index (χ1) is 13.0. The van der Waals surface area contributed by atoms with Crippen LogP contribution in [0.3, 0.4) is 0 Å². The number of piperidine rings is 1. The number of rotatable bonds is 4. The maximum atomic E-state index is 11.9. The number of hydrogen-bond donors (Lipinski definition) is 3. The molecule has 1 aliphatic heterocycles. The number of nitrogens with zero attached hydrogens (tertiary/aromatic N) is 3. The molecule has 140 valence electrons. The molecule has 0 saturated carbocycles. The van der Waals surface area contributed by atoms with Crippen molar-refractivity contribution in [3.05, 3.63) is 45.8 Å². The van der Waals surface area contributed by atoms with Gasteiger partial charge in [-0.25, -0.2) is 9.97 Å². The van der Waals surface area contributed by atoms with Gasteiger partial charge in [-0.1, -0.05) is 23.7 Å². The summed E-state index contributed by atoms with van der Waals surface area (Å²) in [4.78, 5) is 21.1. The highest BCUT2D eigenvalue weighted by Crippen LogP contribution is 2.32. The smallest absolute Gasteiger partial charge is 0.267 e. The number of carbonyl (C=O) groups excluding carboxylic acids is 1. The van der Waals surface area contributed by atoms with Gasteiger partial charge in [0, 0.05) is 23.2 Å². The number of nitrogens with one attached hydrogen (secondary N) is 2. The first-order valence-electron chi connectivity index (χ1n) is 8.64. The first-order valence-corrected chi connectivity index (χ1v) is 9.81. The van der Waals surface area contributed by atoms with Gasteiger partial charge in [-0.05, 0) is 47.4 Å². The fourth-order valence-corrected chi connectivity index (χ4v) is 4.06. The van der Waals surface area contributed by atoms with Crippen LogP contribution in [0.25, 0.3) is 16.9 Å². The topological polar surface area (TPSA) is 97.3 Å². The predicted octanol–water partition coefficient (Wildman–Crippen LogP) is 3.08. The lowest BCUT2D eigenvalue weighted by atomic mass is 10.1. The maximum absolute atomic E-state index is 11.9. The molecule has 4 rings (SSSR count). The minimum atomic E-state index is -0.570. The van der Waals surface area contributed by atoms with Gasteiger partial charge in [0.25, 0.3) is 5.91 Å². The summed E-state index contributed by atoms with van der Waals surface area (Å²) in [6.45, 7) is 1.88. The molecule has 1 aromatic carbocycles. The molecule has 7 nitrogen and oxygen atoms in total. The second-order valence-corrected chi connectivity index (χ2v) is 7.65. The van der Waals surface area contributed by atoms with Crippen LogP contribution in [0.2, 0.25) is 5.02 Å². The Balaban J connectivity index is 1.85. The van der Waals surface area contributed by atoms with Crippen LogP contribution >= 0.6 is 27.5 Å². The molecule has 1 amide bonds. The van der Waals surface area contributed by atoms with Crippen molar-refractivity contribution in [2.24, 2.45) is 5.73 Å². The lowest BCUT2D eigenvalue weighted by Gasteiger charge is -2.24. The Bertz CT molecular complexity index is 997. The quantitative estimate of drug-likeness (QED) is 0.569. The van der Waals surface area contributed by atoms with E-state index < -0.39 is 5.91 Å². The molecule has 0 bridgehead atoms. The highest BCUT2D eigenvalue weighted by Gasteiger charge is 2.22. The van der Waals surface area contributed by atoms with E-state index in [4.69, 9.17) is 22.3 Å². The minimum absolute atomic E-state index is 0.254. The molecule has 1 atom stereocenters. The third kappa shape index (κ3) is 3.52. The van der Waals surface area contributed by atoms with E-state index in [0.717, 1.165) is 31.5 Å². The van der Waals surface area contributed by atoms with Crippen molar-refractivity contribution in [2.45, 2.75) is 18.9 Å². The molecule has 9 heteroatoms. The number of primary amides is 1. The number of carbonyl (C=O) groups is 1. The highest BCUT2D eigenvalue weighted by atomic mass is 79.9. The second kappa shape index (κ2) is 7.46. The van der Waals surface area contributed by atoms with Gasteiger partial charge < -0.3 is 16.4 Å². The van der Waals surface area contributed by atoms with Crippen LogP contribution in [0.5, 0.6) is 0 Å². The Morgan fingerprint density at radius 2 is 2.15 bits per heavy atom. The van der Waals surface area contributed by atoms with E-state index in [1.807, 2.05) is 12.1 Å². The van der Waals surface area contributed by atoms with Crippen LogP contribution in [0.1, 0.15) is 23.3 Å². The van der Waals surface area contributed by atoms with Crippen molar-refractivity contribution in [3.8, 4) is 11.3 Å². The Morgan fingerprint density at radius 1 is 1.37 bits per heavy atom. The summed E-state index contributed by atoms with van der Waals surface area (Å²) in [5.74, 6) is 0.0498. The molecule has 3 aromatic rings. The summed E-state index contributed by atoms with van der Waals surface area (Å²) >= 11 is 9.57. The summed E-state index contributed by atoms with van der Waals surface area (Å²) in [6.07, 6.45) is 3.62. The minimum Gasteiger partial charge on any atom is -0.364 e. The van der Waals surface area contributed by atoms with Crippen LogP contribution in [0.15, 0.2) is 35.1 Å². The number of anilines is 1. The largest absolute Gasteiger partial charge is 0.364 e. The van der Waals surface area contributed by atoms with Gasteiger partial charge in [0.15, 0.2) is 11.5 Å². The monoisotopic (exact) mass is 448 g/mol. The highest BCUT2D eigenvalue weighted by molar-refractivity contribution is 9.10. The normalized spacial score (nSPS) is 17.2. The number of hydrogen-bond acceptors (Lipinski definition) is 5. The molecule has 1 fully saturated rings. The van der Waals surface area contributed by atoms with E-state index in [1.165, 1.54) is 6.20 Å². The lowest BCUT2D eigenvalue weighted by Crippen LogP contribution is -2.38. The van der Waals surface area contributed by atoms with Gasteiger partial charge in [0.05, 0.1) is 6.20 Å². The number of halogens is 2. The van der Waals surface area contributed by atoms with E-state index in [9.17, 15) is 4.79 Å². The van der Waals surface area contributed by atoms with Crippen LogP contribution < -0.4 is 16.4 Å². The van der Waals surface area contributed by atoms with E-state index >= 15 is 0 Å². The van der Waals surface area contributed by atoms with Crippen molar-refractivity contribution < 1.29 is 4.79 Å². The summed E-state index contributed by atoms with van der Waals surface area (Å²) in [6, 6.07) is 7.61. The summed E-state index contributed by atoms with van der Waals surface area (Å²) in [7, 11) is 0. The Morgan fingerprint density at radius 3 is 2.81 bits per heavy atom. The van der Waals surface area contributed by atoms with Gasteiger partial charge in [-0.2, -0.15) is 0 Å². The molecule has 4 N–H and O–H groups in total. The SMILES string of the molecule is NC(=O)c1cnc(N[C@H]2CCCNC2)c2nc(-c3ccc(Cl)cc3)c(Br)n12. The first kappa shape index (κ1) is 18.2. The zero-order chi connectivity index (χ0) is 19.0. The summed E-state index contributed by atoms with van der Waals surface area (Å²) < 4.78 is 2.33. The van der Waals surface area contributed by atoms with Gasteiger partial charge in [0.1, 0.15) is 16.0 Å². The molecule has 0 unspecified atom stereocenters. The average molecular weight is 450 g/mol. The van der Waals surface area contributed by atoms with E-state index in [-0.39, 0.29) is 11.7 Å². The molecule has 0 radical (unpaired) electrons. The van der Waals surface area contributed by atoms with E-state index in [0.29, 0.717) is 26.8 Å². The molecular weight excluding hydrogens is 432 g/mol. The van der Waals surface area contributed by atoms with Crippen LogP contribution in [-0.2, 0) is 0 Å². The zero-order valence-corrected chi connectivity index (χ0v) is 16.7. The fraction of sp³-hybridized carbons (Fsp3) is 0.278. The number of aromatic nitrogens is 3. The zero-order valence-electron chi connectivity index (χ0n) is 14.4. The molecule has 3 heterocycles. The molecule has 27 heavy (non-hydrogen) atoms. The van der Waals surface area contributed by atoms with Crippen molar-refractivity contribution in [1.82, 2.24) is 19.7 Å². The fourth-order valence-electron chi connectivity index (χ4n) is 3.26. The van der Waals surface area contributed by atoms with Gasteiger partial charge in [-0.3, -0.25) is 9.20 Å². The Hall–Kier alpha value is -2.16. The number of benzene rings is 1. The Kier molecular flexibility index (Phi) is 5.03. The van der Waals surface area contributed by atoms with E-state index in [1.54, 1.807) is 16.5 Å². The second-order valence-electron chi connectivity index (χ2n) is 6.46. The van der Waals surface area contributed by atoms with E-state index in [2.05, 4.69) is 31.5 Å². The number of imidazole rings is 1. The average Bonchev–Trinajstić information content (AvgIpc) is 3.01. The van der Waals surface area contributed by atoms with Crippen LogP contribution in [0.4, 0.5) is 5.82 Å². The molecule has 2 aromatic heterocycles.